The van der Waals surface area contributed by atoms with Crippen LogP contribution >= 0.6 is 11.8 Å². The number of amidine groups is 1. The summed E-state index contributed by atoms with van der Waals surface area (Å²) in [7, 11) is 0. The van der Waals surface area contributed by atoms with Crippen molar-refractivity contribution in [3.8, 4) is 5.75 Å². The lowest BCUT2D eigenvalue weighted by Crippen LogP contribution is -2.28. The van der Waals surface area contributed by atoms with Gasteiger partial charge in [-0.15, -0.1) is 0 Å². The molecule has 1 amide bonds. The van der Waals surface area contributed by atoms with Crippen molar-refractivity contribution in [2.45, 2.75) is 0 Å². The molecule has 5 aromatic rings. The van der Waals surface area contributed by atoms with Crippen molar-refractivity contribution in [1.29, 1.82) is 0 Å². The van der Waals surface area contributed by atoms with Gasteiger partial charge in [0.25, 0.3) is 5.91 Å². The van der Waals surface area contributed by atoms with Gasteiger partial charge < -0.3 is 5.11 Å². The number of phenolic OH excluding ortho intramolecular Hbond substituents is 1. The number of phenols is 1. The first-order chi connectivity index (χ1) is 17.2. The second-order valence-electron chi connectivity index (χ2n) is 8.20. The van der Waals surface area contributed by atoms with E-state index in [1.807, 2.05) is 78.9 Å². The normalized spacial score (nSPS) is 16.1. The van der Waals surface area contributed by atoms with E-state index in [0.29, 0.717) is 15.6 Å². The highest BCUT2D eigenvalue weighted by molar-refractivity contribution is 8.19. The summed E-state index contributed by atoms with van der Waals surface area (Å²) in [6.07, 6.45) is 1.73. The maximum Gasteiger partial charge on any atom is 0.271 e. The first-order valence-electron chi connectivity index (χ1n) is 11.3. The minimum atomic E-state index is -0.173. The van der Waals surface area contributed by atoms with Crippen LogP contribution in [0.5, 0.6) is 5.75 Å². The maximum atomic E-state index is 13.8. The van der Waals surface area contributed by atoms with Crippen molar-refractivity contribution >= 4 is 61.8 Å². The summed E-state index contributed by atoms with van der Waals surface area (Å²) in [5.74, 6) is -0.0434. The van der Waals surface area contributed by atoms with Crippen LogP contribution in [0.3, 0.4) is 0 Å². The van der Waals surface area contributed by atoms with Gasteiger partial charge >= 0.3 is 0 Å². The fraction of sp³-hybridized carbons (Fsp3) is 0. The molecule has 0 bridgehead atoms. The number of benzene rings is 5. The second kappa shape index (κ2) is 8.78. The zero-order valence-electron chi connectivity index (χ0n) is 18.6. The Morgan fingerprint density at radius 3 is 2.14 bits per heavy atom. The molecule has 0 spiro atoms. The zero-order chi connectivity index (χ0) is 23.8. The number of para-hydroxylation sites is 1. The highest BCUT2D eigenvalue weighted by Crippen LogP contribution is 2.41. The molecule has 0 aromatic heterocycles. The summed E-state index contributed by atoms with van der Waals surface area (Å²) in [5, 5.41) is 15.0. The van der Waals surface area contributed by atoms with E-state index >= 15 is 0 Å². The predicted octanol–water partition coefficient (Wildman–Crippen LogP) is 7.51. The van der Waals surface area contributed by atoms with E-state index in [9.17, 15) is 9.90 Å². The van der Waals surface area contributed by atoms with E-state index < -0.39 is 0 Å². The van der Waals surface area contributed by atoms with Crippen LogP contribution in [-0.2, 0) is 4.79 Å². The fourth-order valence-electron chi connectivity index (χ4n) is 4.32. The average molecular weight is 473 g/mol. The van der Waals surface area contributed by atoms with Crippen LogP contribution in [0.2, 0.25) is 0 Å². The van der Waals surface area contributed by atoms with E-state index in [1.165, 1.54) is 11.8 Å². The molecule has 1 saturated heterocycles. The minimum Gasteiger partial charge on any atom is -0.507 e. The van der Waals surface area contributed by atoms with Crippen LogP contribution in [0.4, 0.5) is 11.4 Å². The molecule has 4 nitrogen and oxygen atoms in total. The van der Waals surface area contributed by atoms with Gasteiger partial charge in [-0.3, -0.25) is 9.69 Å². The molecule has 5 heteroatoms. The third-order valence-electron chi connectivity index (χ3n) is 6.02. The van der Waals surface area contributed by atoms with Gasteiger partial charge in [0.1, 0.15) is 5.75 Å². The SMILES string of the molecule is O=C1/C(=C\c2ccccc2O)SC(=Nc2cccc3ccccc23)N1c1cccc2ccccc12. The molecule has 1 fully saturated rings. The van der Waals surface area contributed by atoms with E-state index in [2.05, 4.69) is 12.1 Å². The van der Waals surface area contributed by atoms with Crippen molar-refractivity contribution < 1.29 is 9.90 Å². The van der Waals surface area contributed by atoms with Crippen LogP contribution in [-0.4, -0.2) is 16.2 Å². The van der Waals surface area contributed by atoms with E-state index in [-0.39, 0.29) is 11.7 Å². The predicted molar refractivity (Wildman–Crippen MR) is 146 cm³/mol. The Hall–Kier alpha value is -4.35. The summed E-state index contributed by atoms with van der Waals surface area (Å²) >= 11 is 1.31. The number of anilines is 1. The van der Waals surface area contributed by atoms with Crippen molar-refractivity contribution in [3.63, 3.8) is 0 Å². The highest BCUT2D eigenvalue weighted by Gasteiger charge is 2.35. The Morgan fingerprint density at radius 2 is 1.34 bits per heavy atom. The van der Waals surface area contributed by atoms with Gasteiger partial charge in [-0.2, -0.15) is 0 Å². The lowest BCUT2D eigenvalue weighted by atomic mass is 10.1. The number of rotatable bonds is 3. The molecular formula is C30H20N2O2S. The summed E-state index contributed by atoms with van der Waals surface area (Å²) < 4.78 is 0. The number of carbonyl (C=O) groups excluding carboxylic acids is 1. The summed E-state index contributed by atoms with van der Waals surface area (Å²) in [6, 6.07) is 35.0. The van der Waals surface area contributed by atoms with E-state index in [1.54, 1.807) is 29.2 Å². The van der Waals surface area contributed by atoms with Crippen molar-refractivity contribution in [2.75, 3.05) is 4.90 Å². The molecule has 5 aromatic carbocycles. The zero-order valence-corrected chi connectivity index (χ0v) is 19.4. The summed E-state index contributed by atoms with van der Waals surface area (Å²) in [5.41, 5.74) is 2.17. The van der Waals surface area contributed by atoms with Crippen molar-refractivity contribution in [1.82, 2.24) is 0 Å². The summed E-state index contributed by atoms with van der Waals surface area (Å²) in [4.78, 5) is 21.0. The fourth-order valence-corrected chi connectivity index (χ4v) is 5.30. The molecule has 0 saturated carbocycles. The van der Waals surface area contributed by atoms with Crippen molar-refractivity contribution in [2.24, 2.45) is 4.99 Å². The summed E-state index contributed by atoms with van der Waals surface area (Å²) in [6.45, 7) is 0. The van der Waals surface area contributed by atoms with Crippen LogP contribution in [0, 0.1) is 0 Å². The smallest absolute Gasteiger partial charge is 0.271 e. The Labute approximate surface area is 206 Å². The maximum absolute atomic E-state index is 13.8. The highest BCUT2D eigenvalue weighted by atomic mass is 32.2. The van der Waals surface area contributed by atoms with Gasteiger partial charge in [0.05, 0.1) is 16.3 Å². The second-order valence-corrected chi connectivity index (χ2v) is 9.21. The average Bonchev–Trinajstić information content (AvgIpc) is 3.19. The Kier molecular flexibility index (Phi) is 5.32. The molecule has 0 aliphatic carbocycles. The molecule has 168 valence electrons. The molecular weight excluding hydrogens is 452 g/mol. The minimum absolute atomic E-state index is 0.129. The first-order valence-corrected chi connectivity index (χ1v) is 12.1. The number of aromatic hydroxyl groups is 1. The van der Waals surface area contributed by atoms with Gasteiger partial charge in [0.15, 0.2) is 5.17 Å². The van der Waals surface area contributed by atoms with E-state index in [0.717, 1.165) is 32.9 Å². The molecule has 1 heterocycles. The van der Waals surface area contributed by atoms with Gasteiger partial charge in [-0.25, -0.2) is 4.99 Å². The van der Waals surface area contributed by atoms with E-state index in [4.69, 9.17) is 4.99 Å². The number of thioether (sulfide) groups is 1. The number of nitrogens with zero attached hydrogens (tertiary/aromatic N) is 2. The lowest BCUT2D eigenvalue weighted by Gasteiger charge is -2.18. The van der Waals surface area contributed by atoms with Crippen molar-refractivity contribution in [3.05, 3.63) is 120 Å². The number of amides is 1. The molecule has 1 aliphatic rings. The molecule has 1 N–H and O–H groups in total. The number of aliphatic imine (C=N–C) groups is 1. The molecule has 1 aliphatic heterocycles. The van der Waals surface area contributed by atoms with Crippen LogP contribution < -0.4 is 4.90 Å². The third kappa shape index (κ3) is 3.86. The lowest BCUT2D eigenvalue weighted by molar-refractivity contribution is -0.113. The number of fused-ring (bicyclic) bond motifs is 2. The molecule has 0 unspecified atom stereocenters. The number of hydrogen-bond donors (Lipinski definition) is 1. The first kappa shape index (κ1) is 21.2. The van der Waals surface area contributed by atoms with Crippen LogP contribution in [0.15, 0.2) is 119 Å². The quantitative estimate of drug-likeness (QED) is 0.277. The topological polar surface area (TPSA) is 52.9 Å². The Morgan fingerprint density at radius 1 is 0.714 bits per heavy atom. The Balaban J connectivity index is 1.55. The largest absolute Gasteiger partial charge is 0.507 e. The van der Waals surface area contributed by atoms with Crippen LogP contribution in [0.25, 0.3) is 27.6 Å². The number of carbonyl (C=O) groups is 1. The third-order valence-corrected chi connectivity index (χ3v) is 6.99. The molecule has 35 heavy (non-hydrogen) atoms. The van der Waals surface area contributed by atoms with Gasteiger partial charge in [0.2, 0.25) is 0 Å². The van der Waals surface area contributed by atoms with Gasteiger partial charge in [-0.1, -0.05) is 91.0 Å². The van der Waals surface area contributed by atoms with Gasteiger partial charge in [-0.05, 0) is 46.8 Å². The number of hydrogen-bond acceptors (Lipinski definition) is 4. The molecule has 0 radical (unpaired) electrons. The molecule has 0 atom stereocenters. The monoisotopic (exact) mass is 472 g/mol. The van der Waals surface area contributed by atoms with Crippen LogP contribution in [0.1, 0.15) is 5.56 Å². The van der Waals surface area contributed by atoms with Gasteiger partial charge in [0, 0.05) is 16.3 Å². The Bertz CT molecular complexity index is 1660. The standard InChI is InChI=1S/C30H20N2O2S/c33-27-18-6-3-11-22(27)19-28-29(34)32(26-17-8-13-21-10-2-5-15-24(21)26)30(35-28)31-25-16-7-12-20-9-1-4-14-23(20)25/h1-19,33H/b28-19+,31-30?. The molecule has 6 rings (SSSR count).